The van der Waals surface area contributed by atoms with E-state index in [0.717, 1.165) is 35.4 Å². The van der Waals surface area contributed by atoms with Crippen LogP contribution in [0.5, 0.6) is 0 Å². The van der Waals surface area contributed by atoms with Gasteiger partial charge in [0.05, 0.1) is 10.2 Å². The van der Waals surface area contributed by atoms with Crippen molar-refractivity contribution in [2.75, 3.05) is 11.9 Å². The highest BCUT2D eigenvalue weighted by Gasteiger charge is 2.08. The summed E-state index contributed by atoms with van der Waals surface area (Å²) in [6, 6.07) is 0. The van der Waals surface area contributed by atoms with Crippen LogP contribution in [0.15, 0.2) is 11.7 Å². The molecule has 0 spiro atoms. The second-order valence-corrected chi connectivity index (χ2v) is 5.54. The molecule has 0 amide bonds. The van der Waals surface area contributed by atoms with Gasteiger partial charge in [-0.05, 0) is 30.7 Å². The summed E-state index contributed by atoms with van der Waals surface area (Å²) in [7, 11) is 0. The number of hydrogen-bond donors (Lipinski definition) is 1. The lowest BCUT2D eigenvalue weighted by Crippen LogP contribution is -2.09. The van der Waals surface area contributed by atoms with Crippen LogP contribution in [0.1, 0.15) is 25.3 Å². The molecule has 2 aromatic heterocycles. The predicted octanol–water partition coefficient (Wildman–Crippen LogP) is 3.82. The molecule has 0 radical (unpaired) electrons. The van der Waals surface area contributed by atoms with Gasteiger partial charge in [0.2, 0.25) is 0 Å². The largest absolute Gasteiger partial charge is 0.369 e. The summed E-state index contributed by atoms with van der Waals surface area (Å²) in [4.78, 5) is 8.58. The predicted molar refractivity (Wildman–Crippen MR) is 75.2 cm³/mol. The van der Waals surface area contributed by atoms with Crippen LogP contribution in [0.3, 0.4) is 0 Å². The number of thiophene rings is 1. The Bertz CT molecular complexity index is 497. The van der Waals surface area contributed by atoms with Crippen molar-refractivity contribution in [1.29, 1.82) is 0 Å². The van der Waals surface area contributed by atoms with Crippen molar-refractivity contribution in [3.05, 3.63) is 17.3 Å². The van der Waals surface area contributed by atoms with Gasteiger partial charge in [-0.1, -0.05) is 6.92 Å². The maximum Gasteiger partial charge on any atom is 0.147 e. The van der Waals surface area contributed by atoms with Crippen LogP contribution in [0, 0.1) is 6.92 Å². The van der Waals surface area contributed by atoms with Crippen LogP contribution >= 0.6 is 22.9 Å². The Morgan fingerprint density at radius 3 is 3.06 bits per heavy atom. The zero-order valence-corrected chi connectivity index (χ0v) is 11.6. The molecule has 3 nitrogen and oxygen atoms in total. The summed E-state index contributed by atoms with van der Waals surface area (Å²) >= 11 is 7.77. The highest BCUT2D eigenvalue weighted by molar-refractivity contribution is 7.18. The summed E-state index contributed by atoms with van der Waals surface area (Å²) in [5, 5.41) is 5.69. The Balaban J connectivity index is 2.08. The zero-order chi connectivity index (χ0) is 12.3. The van der Waals surface area contributed by atoms with Crippen LogP contribution in [-0.4, -0.2) is 21.9 Å². The highest BCUT2D eigenvalue weighted by atomic mass is 35.5. The van der Waals surface area contributed by atoms with Crippen LogP contribution in [0.2, 0.25) is 0 Å². The van der Waals surface area contributed by atoms with Crippen molar-refractivity contribution in [2.45, 2.75) is 32.1 Å². The molecule has 0 aliphatic heterocycles. The fraction of sp³-hybridized carbons (Fsp3) is 0.500. The first-order chi connectivity index (χ1) is 8.22. The monoisotopic (exact) mass is 269 g/mol. The number of alkyl halides is 1. The molecule has 17 heavy (non-hydrogen) atoms. The first kappa shape index (κ1) is 12.6. The molecule has 1 unspecified atom stereocenters. The molecular weight excluding hydrogens is 254 g/mol. The Morgan fingerprint density at radius 1 is 1.47 bits per heavy atom. The summed E-state index contributed by atoms with van der Waals surface area (Å²) in [5.74, 6) is 0.924. The van der Waals surface area contributed by atoms with E-state index in [9.17, 15) is 0 Å². The van der Waals surface area contributed by atoms with E-state index in [2.05, 4.69) is 34.5 Å². The van der Waals surface area contributed by atoms with Gasteiger partial charge in [0.1, 0.15) is 12.1 Å². The van der Waals surface area contributed by atoms with Crippen molar-refractivity contribution in [1.82, 2.24) is 9.97 Å². The molecule has 5 heteroatoms. The van der Waals surface area contributed by atoms with E-state index in [0.29, 0.717) is 0 Å². The fourth-order valence-electron chi connectivity index (χ4n) is 1.65. The van der Waals surface area contributed by atoms with Gasteiger partial charge in [0.15, 0.2) is 0 Å². The minimum atomic E-state index is 0.241. The lowest BCUT2D eigenvalue weighted by Gasteiger charge is -2.08. The normalized spacial score (nSPS) is 12.9. The van der Waals surface area contributed by atoms with Gasteiger partial charge >= 0.3 is 0 Å². The molecule has 0 saturated carbocycles. The van der Waals surface area contributed by atoms with E-state index < -0.39 is 0 Å². The van der Waals surface area contributed by atoms with Crippen molar-refractivity contribution in [3.8, 4) is 0 Å². The topological polar surface area (TPSA) is 37.8 Å². The second kappa shape index (κ2) is 5.65. The Hall–Kier alpha value is -0.870. The maximum absolute atomic E-state index is 6.08. The summed E-state index contributed by atoms with van der Waals surface area (Å²) in [5.41, 5.74) is 2.25. The van der Waals surface area contributed by atoms with Gasteiger partial charge in [-0.15, -0.1) is 22.9 Å². The molecular formula is C12H16ClN3S. The van der Waals surface area contributed by atoms with E-state index in [1.165, 1.54) is 5.56 Å². The first-order valence-electron chi connectivity index (χ1n) is 5.79. The lowest BCUT2D eigenvalue weighted by atomic mass is 10.2. The fourth-order valence-corrected chi connectivity index (χ4v) is 2.72. The Morgan fingerprint density at radius 2 is 2.29 bits per heavy atom. The average Bonchev–Trinajstić information content (AvgIpc) is 2.72. The molecule has 2 aromatic rings. The number of nitrogens with one attached hydrogen (secondary N) is 1. The number of aryl methyl sites for hydroxylation is 1. The molecule has 92 valence electrons. The zero-order valence-electron chi connectivity index (χ0n) is 10.0. The number of anilines is 1. The Labute approximate surface area is 110 Å². The van der Waals surface area contributed by atoms with E-state index in [1.807, 2.05) is 0 Å². The molecule has 2 rings (SSSR count). The summed E-state index contributed by atoms with van der Waals surface area (Å²) in [6.07, 6.45) is 3.57. The molecule has 1 N–H and O–H groups in total. The molecule has 2 heterocycles. The van der Waals surface area contributed by atoms with Gasteiger partial charge < -0.3 is 5.32 Å². The van der Waals surface area contributed by atoms with E-state index in [-0.39, 0.29) is 5.38 Å². The number of aromatic nitrogens is 2. The molecule has 0 aliphatic rings. The van der Waals surface area contributed by atoms with Gasteiger partial charge in [0.25, 0.3) is 0 Å². The summed E-state index contributed by atoms with van der Waals surface area (Å²) in [6.45, 7) is 5.02. The number of rotatable bonds is 5. The van der Waals surface area contributed by atoms with Crippen LogP contribution in [0.4, 0.5) is 5.82 Å². The number of hydrogen-bond acceptors (Lipinski definition) is 4. The van der Waals surface area contributed by atoms with Gasteiger partial charge in [-0.3, -0.25) is 0 Å². The summed E-state index contributed by atoms with van der Waals surface area (Å²) < 4.78 is 1.13. The molecule has 1 atom stereocenters. The molecule has 0 saturated heterocycles. The maximum atomic E-state index is 6.08. The standard InChI is InChI=1S/C12H16ClN3S/c1-3-9(13)4-5-14-12-11-10(15-7-16-12)8(2)6-17-11/h6-7,9H,3-5H2,1-2H3,(H,14,15,16). The average molecular weight is 270 g/mol. The quantitative estimate of drug-likeness (QED) is 0.839. The van der Waals surface area contributed by atoms with Crippen LogP contribution < -0.4 is 5.32 Å². The van der Waals surface area contributed by atoms with Crippen molar-refractivity contribution in [2.24, 2.45) is 0 Å². The number of fused-ring (bicyclic) bond motifs is 1. The van der Waals surface area contributed by atoms with Gasteiger partial charge in [-0.25, -0.2) is 9.97 Å². The van der Waals surface area contributed by atoms with Crippen molar-refractivity contribution >= 4 is 39.0 Å². The van der Waals surface area contributed by atoms with Crippen molar-refractivity contribution in [3.63, 3.8) is 0 Å². The van der Waals surface area contributed by atoms with Gasteiger partial charge in [0, 0.05) is 11.9 Å². The first-order valence-corrected chi connectivity index (χ1v) is 7.10. The van der Waals surface area contributed by atoms with Crippen molar-refractivity contribution < 1.29 is 0 Å². The molecule has 0 aromatic carbocycles. The number of halogens is 1. The Kier molecular flexibility index (Phi) is 4.18. The van der Waals surface area contributed by atoms with E-state index >= 15 is 0 Å². The number of nitrogens with zero attached hydrogens (tertiary/aromatic N) is 2. The second-order valence-electron chi connectivity index (χ2n) is 4.04. The van der Waals surface area contributed by atoms with Crippen LogP contribution in [0.25, 0.3) is 10.2 Å². The van der Waals surface area contributed by atoms with E-state index in [1.54, 1.807) is 17.7 Å². The SMILES string of the molecule is CCC(Cl)CCNc1ncnc2c(C)csc12. The van der Waals surface area contributed by atoms with E-state index in [4.69, 9.17) is 11.6 Å². The smallest absolute Gasteiger partial charge is 0.147 e. The van der Waals surface area contributed by atoms with Gasteiger partial charge in [-0.2, -0.15) is 0 Å². The minimum absolute atomic E-state index is 0.241. The lowest BCUT2D eigenvalue weighted by molar-refractivity contribution is 0.752. The highest BCUT2D eigenvalue weighted by Crippen LogP contribution is 2.28. The third-order valence-electron chi connectivity index (χ3n) is 2.72. The third-order valence-corrected chi connectivity index (χ3v) is 4.34. The minimum Gasteiger partial charge on any atom is -0.369 e. The molecule has 0 bridgehead atoms. The molecule has 0 fully saturated rings. The molecule has 0 aliphatic carbocycles. The van der Waals surface area contributed by atoms with Crippen LogP contribution in [-0.2, 0) is 0 Å². The third kappa shape index (κ3) is 2.87.